The van der Waals surface area contributed by atoms with Crippen LogP contribution in [0.4, 0.5) is 5.82 Å². The number of fused-ring (bicyclic) bond motifs is 1. The van der Waals surface area contributed by atoms with Crippen LogP contribution < -0.4 is 10.6 Å². The zero-order valence-electron chi connectivity index (χ0n) is 20.8. The molecule has 1 saturated carbocycles. The van der Waals surface area contributed by atoms with Crippen LogP contribution in [0.1, 0.15) is 41.7 Å². The third kappa shape index (κ3) is 5.61. The van der Waals surface area contributed by atoms with Crippen molar-refractivity contribution in [2.45, 2.75) is 43.5 Å². The summed E-state index contributed by atoms with van der Waals surface area (Å²) in [5.41, 5.74) is 2.84. The lowest BCUT2D eigenvalue weighted by Crippen LogP contribution is -2.34. The average Bonchev–Trinajstić information content (AvgIpc) is 3.33. The molecule has 1 amide bonds. The molecule has 0 bridgehead atoms. The standard InChI is InChI=1S/C26H29N7O3S/c1-17-3-6-19(14-27-17)26(34)28-13-18-4-7-20(8-5-18)32-24-23-15-31-33(25(23)30-16-29-24)21-9-11-22(12-10-21)37(2,35)36/h3,6,9-12,14-16,18,20H,4-5,7-8,13H2,1-2H3,(H,28,34)(H,29,30,32). The van der Waals surface area contributed by atoms with Crippen molar-refractivity contribution in [2.24, 2.45) is 5.92 Å². The van der Waals surface area contributed by atoms with E-state index in [9.17, 15) is 13.2 Å². The Morgan fingerprint density at radius 2 is 1.76 bits per heavy atom. The quantitative estimate of drug-likeness (QED) is 0.380. The molecule has 0 spiro atoms. The molecule has 0 aliphatic heterocycles. The number of pyridine rings is 1. The number of carbonyl (C=O) groups is 1. The number of amides is 1. The van der Waals surface area contributed by atoms with Crippen molar-refractivity contribution < 1.29 is 13.2 Å². The maximum atomic E-state index is 12.4. The molecule has 4 aromatic rings. The maximum Gasteiger partial charge on any atom is 0.252 e. The van der Waals surface area contributed by atoms with Crippen LogP contribution in [0.15, 0.2) is 60.0 Å². The van der Waals surface area contributed by atoms with Gasteiger partial charge < -0.3 is 10.6 Å². The van der Waals surface area contributed by atoms with Crippen LogP contribution in [0, 0.1) is 12.8 Å². The highest BCUT2D eigenvalue weighted by Gasteiger charge is 2.23. The first-order chi connectivity index (χ1) is 17.8. The molecule has 0 saturated heterocycles. The van der Waals surface area contributed by atoms with Gasteiger partial charge in [-0.25, -0.2) is 23.1 Å². The molecule has 10 nitrogen and oxygen atoms in total. The van der Waals surface area contributed by atoms with Crippen LogP contribution in [0.2, 0.25) is 0 Å². The van der Waals surface area contributed by atoms with Gasteiger partial charge >= 0.3 is 0 Å². The van der Waals surface area contributed by atoms with E-state index >= 15 is 0 Å². The first-order valence-corrected chi connectivity index (χ1v) is 14.1. The van der Waals surface area contributed by atoms with Crippen LogP contribution in [-0.2, 0) is 9.84 Å². The van der Waals surface area contributed by atoms with Gasteiger partial charge in [0.05, 0.1) is 27.7 Å². The first kappa shape index (κ1) is 24.8. The van der Waals surface area contributed by atoms with Crippen molar-refractivity contribution in [2.75, 3.05) is 18.1 Å². The van der Waals surface area contributed by atoms with E-state index in [0.717, 1.165) is 48.3 Å². The number of rotatable bonds is 7. The highest BCUT2D eigenvalue weighted by Crippen LogP contribution is 2.28. The number of aryl methyl sites for hydroxylation is 1. The summed E-state index contributed by atoms with van der Waals surface area (Å²) < 4.78 is 25.2. The van der Waals surface area contributed by atoms with Crippen LogP contribution in [0.5, 0.6) is 0 Å². The summed E-state index contributed by atoms with van der Waals surface area (Å²) in [6, 6.07) is 10.5. The second-order valence-corrected chi connectivity index (χ2v) is 11.6. The minimum atomic E-state index is -3.27. The van der Waals surface area contributed by atoms with Gasteiger partial charge in [-0.05, 0) is 74.9 Å². The summed E-state index contributed by atoms with van der Waals surface area (Å²) in [6.07, 6.45) is 9.98. The van der Waals surface area contributed by atoms with E-state index in [1.807, 2.05) is 13.0 Å². The van der Waals surface area contributed by atoms with Gasteiger partial charge in [-0.3, -0.25) is 9.78 Å². The van der Waals surface area contributed by atoms with Gasteiger partial charge in [-0.2, -0.15) is 5.10 Å². The third-order valence-electron chi connectivity index (χ3n) is 6.79. The zero-order valence-corrected chi connectivity index (χ0v) is 21.6. The smallest absolute Gasteiger partial charge is 0.252 e. The number of aromatic nitrogens is 5. The molecule has 3 heterocycles. The number of anilines is 1. The van der Waals surface area contributed by atoms with Crippen LogP contribution in [0.25, 0.3) is 16.7 Å². The molecular weight excluding hydrogens is 490 g/mol. The Balaban J connectivity index is 1.20. The first-order valence-electron chi connectivity index (χ1n) is 12.2. The third-order valence-corrected chi connectivity index (χ3v) is 7.92. The maximum absolute atomic E-state index is 12.4. The second kappa shape index (κ2) is 10.3. The fourth-order valence-electron chi connectivity index (χ4n) is 4.63. The molecule has 1 aromatic carbocycles. The normalized spacial score (nSPS) is 18.0. The Labute approximate surface area is 215 Å². The van der Waals surface area contributed by atoms with Crippen LogP contribution in [0.3, 0.4) is 0 Å². The number of nitrogens with zero attached hydrogens (tertiary/aromatic N) is 5. The van der Waals surface area contributed by atoms with Gasteiger partial charge in [0.2, 0.25) is 0 Å². The summed E-state index contributed by atoms with van der Waals surface area (Å²) in [7, 11) is -3.27. The van der Waals surface area contributed by atoms with E-state index in [1.54, 1.807) is 47.4 Å². The summed E-state index contributed by atoms with van der Waals surface area (Å²) in [5, 5.41) is 11.9. The lowest BCUT2D eigenvalue weighted by molar-refractivity contribution is 0.0943. The molecule has 2 N–H and O–H groups in total. The second-order valence-electron chi connectivity index (χ2n) is 9.54. The van der Waals surface area contributed by atoms with E-state index in [4.69, 9.17) is 0 Å². The average molecular weight is 520 g/mol. The Morgan fingerprint density at radius 1 is 1.00 bits per heavy atom. The Hall–Kier alpha value is -3.86. The molecule has 0 unspecified atom stereocenters. The van der Waals surface area contributed by atoms with Gasteiger partial charge in [-0.15, -0.1) is 0 Å². The lowest BCUT2D eigenvalue weighted by atomic mass is 9.86. The zero-order chi connectivity index (χ0) is 26.0. The predicted octanol–water partition coefficient (Wildman–Crippen LogP) is 3.32. The summed E-state index contributed by atoms with van der Waals surface area (Å²) in [6.45, 7) is 2.55. The molecule has 192 valence electrons. The summed E-state index contributed by atoms with van der Waals surface area (Å²) in [4.78, 5) is 25.7. The predicted molar refractivity (Wildman–Crippen MR) is 140 cm³/mol. The van der Waals surface area contributed by atoms with E-state index in [0.29, 0.717) is 23.7 Å². The van der Waals surface area contributed by atoms with Crippen LogP contribution >= 0.6 is 0 Å². The molecule has 0 atom stereocenters. The topological polar surface area (TPSA) is 132 Å². The monoisotopic (exact) mass is 519 g/mol. The molecule has 5 rings (SSSR count). The molecule has 1 aliphatic carbocycles. The van der Waals surface area contributed by atoms with Gasteiger partial charge in [0.15, 0.2) is 15.5 Å². The van der Waals surface area contributed by atoms with Crippen molar-refractivity contribution in [3.8, 4) is 5.69 Å². The van der Waals surface area contributed by atoms with Crippen molar-refractivity contribution >= 4 is 32.6 Å². The number of benzene rings is 1. The van der Waals surface area contributed by atoms with Crippen molar-refractivity contribution in [1.29, 1.82) is 0 Å². The number of hydrogen-bond donors (Lipinski definition) is 2. The minimum absolute atomic E-state index is 0.0842. The Kier molecular flexibility index (Phi) is 6.88. The van der Waals surface area contributed by atoms with Crippen LogP contribution in [-0.4, -0.2) is 57.9 Å². The molecule has 1 fully saturated rings. The number of carbonyl (C=O) groups excluding carboxylic acids is 1. The molecule has 1 aliphatic rings. The Bertz CT molecular complexity index is 1510. The molecule has 3 aromatic heterocycles. The summed E-state index contributed by atoms with van der Waals surface area (Å²) >= 11 is 0. The number of sulfone groups is 1. The lowest BCUT2D eigenvalue weighted by Gasteiger charge is -2.29. The van der Waals surface area contributed by atoms with Crippen molar-refractivity contribution in [1.82, 2.24) is 30.0 Å². The molecule has 37 heavy (non-hydrogen) atoms. The molecule has 11 heteroatoms. The van der Waals surface area contributed by atoms with Crippen molar-refractivity contribution in [3.63, 3.8) is 0 Å². The van der Waals surface area contributed by atoms with Gasteiger partial charge in [0.1, 0.15) is 12.1 Å². The molecule has 0 radical (unpaired) electrons. The highest BCUT2D eigenvalue weighted by atomic mass is 32.2. The fraction of sp³-hybridized carbons (Fsp3) is 0.346. The fourth-order valence-corrected chi connectivity index (χ4v) is 5.26. The van der Waals surface area contributed by atoms with E-state index in [1.165, 1.54) is 12.6 Å². The van der Waals surface area contributed by atoms with Crippen molar-refractivity contribution in [3.05, 3.63) is 66.4 Å². The summed E-state index contributed by atoms with van der Waals surface area (Å²) in [5.74, 6) is 1.08. The minimum Gasteiger partial charge on any atom is -0.367 e. The molecular formula is C26H29N7O3S. The van der Waals surface area contributed by atoms with E-state index in [-0.39, 0.29) is 16.8 Å². The number of hydrogen-bond acceptors (Lipinski definition) is 8. The van der Waals surface area contributed by atoms with Gasteiger partial charge in [-0.1, -0.05) is 0 Å². The van der Waals surface area contributed by atoms with Gasteiger partial charge in [0.25, 0.3) is 5.91 Å². The number of nitrogens with one attached hydrogen (secondary N) is 2. The SMILES string of the molecule is Cc1ccc(C(=O)NCC2CCC(Nc3ncnc4c3cnn4-c3ccc(S(C)(=O)=O)cc3)CC2)cn1. The van der Waals surface area contributed by atoms with Gasteiger partial charge in [0, 0.05) is 30.7 Å². The van der Waals surface area contributed by atoms with E-state index in [2.05, 4.69) is 30.7 Å². The van der Waals surface area contributed by atoms with E-state index < -0.39 is 9.84 Å². The largest absolute Gasteiger partial charge is 0.367 e. The Morgan fingerprint density at radius 3 is 2.43 bits per heavy atom. The highest BCUT2D eigenvalue weighted by molar-refractivity contribution is 7.90.